The van der Waals surface area contributed by atoms with Gasteiger partial charge in [0.15, 0.2) is 0 Å². The van der Waals surface area contributed by atoms with Crippen LogP contribution in [0.25, 0.3) is 0 Å². The normalized spacial score (nSPS) is 13.4. The number of hydrogen-bond acceptors (Lipinski definition) is 6. The molecule has 0 fully saturated rings. The van der Waals surface area contributed by atoms with E-state index in [4.69, 9.17) is 0 Å². The highest BCUT2D eigenvalue weighted by molar-refractivity contribution is 7.89. The Labute approximate surface area is 146 Å². The summed E-state index contributed by atoms with van der Waals surface area (Å²) >= 11 is 0. The summed E-state index contributed by atoms with van der Waals surface area (Å²) in [5, 5.41) is 16.4. The van der Waals surface area contributed by atoms with Crippen LogP contribution < -0.4 is 10.1 Å². The van der Waals surface area contributed by atoms with Crippen LogP contribution in [-0.2, 0) is 20.2 Å². The van der Waals surface area contributed by atoms with Crippen molar-refractivity contribution in [3.63, 3.8) is 0 Å². The second-order valence-electron chi connectivity index (χ2n) is 6.48. The van der Waals surface area contributed by atoms with Gasteiger partial charge >= 0.3 is 0 Å². The summed E-state index contributed by atoms with van der Waals surface area (Å²) in [4.78, 5) is 12.1. The van der Waals surface area contributed by atoms with Crippen LogP contribution in [-0.4, -0.2) is 47.0 Å². The van der Waals surface area contributed by atoms with Crippen molar-refractivity contribution in [2.24, 2.45) is 0 Å². The standard InChI is InChI=1S/C15H21N5O4S/c1-15(2,3)11-4-6-12(7-5-11)25(23,24)19-13(8-21)14(22)18-20-9-16-17-10-20/h4-7,9-10,13,19,21H,8H2,1-3H3,(H,18,22)/t13-/m0/s1. The lowest BCUT2D eigenvalue weighted by molar-refractivity contribution is -0.119. The predicted octanol–water partition coefficient (Wildman–Crippen LogP) is -0.0149. The molecule has 0 aliphatic rings. The topological polar surface area (TPSA) is 126 Å². The van der Waals surface area contributed by atoms with E-state index in [1.54, 1.807) is 12.1 Å². The quantitative estimate of drug-likeness (QED) is 0.659. The smallest absolute Gasteiger partial charge is 0.259 e. The largest absolute Gasteiger partial charge is 0.394 e. The number of nitrogens with zero attached hydrogens (tertiary/aromatic N) is 3. The predicted molar refractivity (Wildman–Crippen MR) is 90.7 cm³/mol. The zero-order valence-electron chi connectivity index (χ0n) is 14.2. The number of aliphatic hydroxyl groups excluding tert-OH is 1. The lowest BCUT2D eigenvalue weighted by Gasteiger charge is -2.20. The summed E-state index contributed by atoms with van der Waals surface area (Å²) < 4.78 is 28.2. The Kier molecular flexibility index (Phi) is 5.55. The van der Waals surface area contributed by atoms with Crippen LogP contribution in [0.15, 0.2) is 41.8 Å². The van der Waals surface area contributed by atoms with E-state index in [1.807, 2.05) is 20.8 Å². The van der Waals surface area contributed by atoms with Crippen molar-refractivity contribution < 1.29 is 18.3 Å². The Morgan fingerprint density at radius 2 is 1.76 bits per heavy atom. The SMILES string of the molecule is CC(C)(C)c1ccc(S(=O)(=O)N[C@@H](CO)C(=O)Nn2cnnc2)cc1. The van der Waals surface area contributed by atoms with Gasteiger partial charge in [-0.25, -0.2) is 13.1 Å². The van der Waals surface area contributed by atoms with E-state index in [1.165, 1.54) is 24.8 Å². The molecule has 2 aromatic rings. The first-order valence-electron chi connectivity index (χ1n) is 7.53. The van der Waals surface area contributed by atoms with Crippen molar-refractivity contribution in [3.8, 4) is 0 Å². The molecule has 1 amide bonds. The molecule has 3 N–H and O–H groups in total. The van der Waals surface area contributed by atoms with Gasteiger partial charge in [-0.05, 0) is 23.1 Å². The molecule has 1 aromatic carbocycles. The Hall–Kier alpha value is -2.30. The molecule has 2 rings (SSSR count). The van der Waals surface area contributed by atoms with E-state index in [9.17, 15) is 18.3 Å². The number of sulfonamides is 1. The van der Waals surface area contributed by atoms with Gasteiger partial charge in [-0.15, -0.1) is 10.2 Å². The monoisotopic (exact) mass is 367 g/mol. The molecule has 0 saturated carbocycles. The molecular weight excluding hydrogens is 346 g/mol. The third-order valence-corrected chi connectivity index (χ3v) is 4.97. The first-order valence-corrected chi connectivity index (χ1v) is 9.01. The summed E-state index contributed by atoms with van der Waals surface area (Å²) in [5.74, 6) is -0.739. The zero-order chi connectivity index (χ0) is 18.7. The van der Waals surface area contributed by atoms with E-state index in [2.05, 4.69) is 20.3 Å². The number of amides is 1. The van der Waals surface area contributed by atoms with E-state index >= 15 is 0 Å². The Bertz CT molecular complexity index is 811. The van der Waals surface area contributed by atoms with Gasteiger partial charge < -0.3 is 5.11 Å². The van der Waals surface area contributed by atoms with E-state index in [0.29, 0.717) is 0 Å². The first-order chi connectivity index (χ1) is 11.6. The molecule has 0 aliphatic heterocycles. The van der Waals surface area contributed by atoms with E-state index in [0.717, 1.165) is 10.2 Å². The van der Waals surface area contributed by atoms with Gasteiger partial charge in [0, 0.05) is 0 Å². The molecular formula is C15H21N5O4S. The number of benzene rings is 1. The minimum absolute atomic E-state index is 0.0102. The number of carbonyl (C=O) groups excluding carboxylic acids is 1. The van der Waals surface area contributed by atoms with Crippen LogP contribution in [0.5, 0.6) is 0 Å². The van der Waals surface area contributed by atoms with Crippen molar-refractivity contribution in [1.82, 2.24) is 19.6 Å². The number of hydrogen-bond donors (Lipinski definition) is 3. The van der Waals surface area contributed by atoms with Crippen LogP contribution in [0.2, 0.25) is 0 Å². The van der Waals surface area contributed by atoms with Crippen LogP contribution in [0.4, 0.5) is 0 Å². The summed E-state index contributed by atoms with van der Waals surface area (Å²) in [6.07, 6.45) is 2.46. The van der Waals surface area contributed by atoms with Crippen LogP contribution in [0.1, 0.15) is 26.3 Å². The second-order valence-corrected chi connectivity index (χ2v) is 8.19. The third kappa shape index (κ3) is 4.84. The highest BCUT2D eigenvalue weighted by Gasteiger charge is 2.26. The summed E-state index contributed by atoms with van der Waals surface area (Å²) in [7, 11) is -3.97. The molecule has 0 spiro atoms. The average molecular weight is 367 g/mol. The van der Waals surface area contributed by atoms with Crippen molar-refractivity contribution >= 4 is 15.9 Å². The van der Waals surface area contributed by atoms with Crippen LogP contribution in [0.3, 0.4) is 0 Å². The lowest BCUT2D eigenvalue weighted by Crippen LogP contribution is -2.47. The number of nitrogens with one attached hydrogen (secondary N) is 2. The first kappa shape index (κ1) is 19.0. The van der Waals surface area contributed by atoms with Crippen molar-refractivity contribution in [2.75, 3.05) is 12.0 Å². The fourth-order valence-electron chi connectivity index (χ4n) is 2.03. The van der Waals surface area contributed by atoms with Crippen molar-refractivity contribution in [3.05, 3.63) is 42.5 Å². The average Bonchev–Trinajstić information content (AvgIpc) is 3.04. The fourth-order valence-corrected chi connectivity index (χ4v) is 3.21. The Morgan fingerprint density at radius 1 is 1.20 bits per heavy atom. The van der Waals surface area contributed by atoms with Crippen LogP contribution in [0, 0.1) is 0 Å². The number of aliphatic hydroxyl groups is 1. The molecule has 0 radical (unpaired) electrons. The summed E-state index contributed by atoms with van der Waals surface area (Å²) in [6, 6.07) is 5.03. The molecule has 25 heavy (non-hydrogen) atoms. The van der Waals surface area contributed by atoms with Gasteiger partial charge in [0.05, 0.1) is 11.5 Å². The molecule has 1 aromatic heterocycles. The molecule has 0 saturated heterocycles. The molecule has 0 bridgehead atoms. The van der Waals surface area contributed by atoms with Crippen LogP contribution >= 0.6 is 0 Å². The maximum absolute atomic E-state index is 12.4. The van der Waals surface area contributed by atoms with E-state index in [-0.39, 0.29) is 10.3 Å². The summed E-state index contributed by atoms with van der Waals surface area (Å²) in [6.45, 7) is 5.36. The number of carbonyl (C=O) groups is 1. The molecule has 136 valence electrons. The molecule has 10 heteroatoms. The van der Waals surface area contributed by atoms with E-state index < -0.39 is 28.6 Å². The minimum atomic E-state index is -3.97. The van der Waals surface area contributed by atoms with Gasteiger partial charge in [0.2, 0.25) is 10.0 Å². The van der Waals surface area contributed by atoms with Gasteiger partial charge in [-0.1, -0.05) is 32.9 Å². The fraction of sp³-hybridized carbons (Fsp3) is 0.400. The van der Waals surface area contributed by atoms with Gasteiger partial charge in [-0.3, -0.25) is 10.2 Å². The lowest BCUT2D eigenvalue weighted by atomic mass is 9.87. The van der Waals surface area contributed by atoms with Crippen molar-refractivity contribution in [2.45, 2.75) is 37.1 Å². The molecule has 1 atom stereocenters. The van der Waals surface area contributed by atoms with Gasteiger partial charge in [0.1, 0.15) is 18.7 Å². The zero-order valence-corrected chi connectivity index (χ0v) is 15.0. The Morgan fingerprint density at radius 3 is 2.24 bits per heavy atom. The molecule has 0 unspecified atom stereocenters. The van der Waals surface area contributed by atoms with Gasteiger partial charge in [-0.2, -0.15) is 4.72 Å². The van der Waals surface area contributed by atoms with Crippen molar-refractivity contribution in [1.29, 1.82) is 0 Å². The number of aromatic nitrogens is 3. The highest BCUT2D eigenvalue weighted by Crippen LogP contribution is 2.23. The Balaban J connectivity index is 2.14. The second kappa shape index (κ2) is 7.30. The molecule has 1 heterocycles. The third-order valence-electron chi connectivity index (χ3n) is 3.49. The summed E-state index contributed by atoms with van der Waals surface area (Å²) in [5.41, 5.74) is 3.21. The maximum Gasteiger partial charge on any atom is 0.259 e. The minimum Gasteiger partial charge on any atom is -0.394 e. The number of rotatable bonds is 6. The van der Waals surface area contributed by atoms with Gasteiger partial charge in [0.25, 0.3) is 5.91 Å². The maximum atomic E-state index is 12.4. The molecule has 9 nitrogen and oxygen atoms in total. The molecule has 0 aliphatic carbocycles. The highest BCUT2D eigenvalue weighted by atomic mass is 32.2.